The molecule has 4 nitrogen and oxygen atoms in total. The average molecular weight is 303 g/mol. The largest absolute Gasteiger partial charge is 0.491 e. The summed E-state index contributed by atoms with van der Waals surface area (Å²) in [6.45, 7) is 0.357. The molecule has 0 aliphatic carbocycles. The lowest BCUT2D eigenvalue weighted by molar-refractivity contribution is -0.138. The van der Waals surface area contributed by atoms with Gasteiger partial charge in [-0.2, -0.15) is 13.2 Å². The highest BCUT2D eigenvalue weighted by Crippen LogP contribution is 2.35. The van der Waals surface area contributed by atoms with Gasteiger partial charge in [-0.25, -0.2) is 4.99 Å². The zero-order valence-electron chi connectivity index (χ0n) is 12.6. The summed E-state index contributed by atoms with van der Waals surface area (Å²) in [7, 11) is 7.38. The Morgan fingerprint density at radius 2 is 1.67 bits per heavy atom. The van der Waals surface area contributed by atoms with Crippen molar-refractivity contribution in [1.82, 2.24) is 9.80 Å². The van der Waals surface area contributed by atoms with Crippen LogP contribution in [0, 0.1) is 0 Å². The molecule has 0 radical (unpaired) electrons. The summed E-state index contributed by atoms with van der Waals surface area (Å²) in [4.78, 5) is 7.94. The van der Waals surface area contributed by atoms with Gasteiger partial charge >= 0.3 is 6.18 Å². The van der Waals surface area contributed by atoms with Gasteiger partial charge in [0.15, 0.2) is 5.96 Å². The van der Waals surface area contributed by atoms with Crippen LogP contribution >= 0.6 is 0 Å². The third kappa shape index (κ3) is 5.17. The van der Waals surface area contributed by atoms with Crippen molar-refractivity contribution in [3.05, 3.63) is 29.8 Å². The van der Waals surface area contributed by atoms with E-state index in [1.807, 2.05) is 38.0 Å². The van der Waals surface area contributed by atoms with Crippen molar-refractivity contribution in [3.63, 3.8) is 0 Å². The van der Waals surface area contributed by atoms with E-state index in [4.69, 9.17) is 4.74 Å². The topological polar surface area (TPSA) is 28.1 Å². The van der Waals surface area contributed by atoms with E-state index >= 15 is 0 Å². The van der Waals surface area contributed by atoms with Gasteiger partial charge in [0.2, 0.25) is 0 Å². The molecule has 1 aromatic rings. The summed E-state index contributed by atoms with van der Waals surface area (Å²) >= 11 is 0. The van der Waals surface area contributed by atoms with Crippen LogP contribution in [0.5, 0.6) is 5.75 Å². The molecule has 0 aliphatic heterocycles. The summed E-state index contributed by atoms with van der Waals surface area (Å²) in [5.41, 5.74) is -0.769. The third-order valence-electron chi connectivity index (χ3n) is 2.59. The Balaban J connectivity index is 2.67. The van der Waals surface area contributed by atoms with Crippen molar-refractivity contribution in [2.45, 2.75) is 6.18 Å². The minimum Gasteiger partial charge on any atom is -0.491 e. The first kappa shape index (κ1) is 17.1. The number of aliphatic imine (C=N–C) groups is 1. The van der Waals surface area contributed by atoms with Crippen molar-refractivity contribution in [2.24, 2.45) is 4.99 Å². The first-order valence-corrected chi connectivity index (χ1v) is 6.41. The van der Waals surface area contributed by atoms with Crippen LogP contribution in [0.25, 0.3) is 0 Å². The molecule has 0 atom stereocenters. The molecule has 7 heteroatoms. The highest BCUT2D eigenvalue weighted by Gasteiger charge is 2.33. The summed E-state index contributed by atoms with van der Waals surface area (Å²) in [5, 5.41) is 0. The number of nitrogens with zero attached hydrogens (tertiary/aromatic N) is 3. The quantitative estimate of drug-likeness (QED) is 0.486. The number of rotatable bonds is 4. The lowest BCUT2D eigenvalue weighted by Crippen LogP contribution is -2.35. The van der Waals surface area contributed by atoms with E-state index in [1.165, 1.54) is 18.2 Å². The van der Waals surface area contributed by atoms with Crippen molar-refractivity contribution >= 4 is 5.96 Å². The van der Waals surface area contributed by atoms with Gasteiger partial charge in [-0.05, 0) is 12.1 Å². The van der Waals surface area contributed by atoms with Gasteiger partial charge in [0.25, 0.3) is 0 Å². The number of hydrogen-bond donors (Lipinski definition) is 0. The normalized spacial score (nSPS) is 11.0. The molecule has 0 saturated heterocycles. The molecule has 0 heterocycles. The van der Waals surface area contributed by atoms with Gasteiger partial charge in [-0.15, -0.1) is 0 Å². The van der Waals surface area contributed by atoms with E-state index in [2.05, 4.69) is 4.99 Å². The fourth-order valence-electron chi connectivity index (χ4n) is 1.81. The Labute approximate surface area is 122 Å². The van der Waals surface area contributed by atoms with Crippen LogP contribution < -0.4 is 4.74 Å². The van der Waals surface area contributed by atoms with Crippen LogP contribution in [0.2, 0.25) is 0 Å². The monoisotopic (exact) mass is 303 g/mol. The predicted octanol–water partition coefficient (Wildman–Crippen LogP) is 2.56. The first-order valence-electron chi connectivity index (χ1n) is 6.41. The Bertz CT molecular complexity index is 475. The van der Waals surface area contributed by atoms with E-state index in [0.717, 1.165) is 12.0 Å². The Morgan fingerprint density at radius 1 is 1.10 bits per heavy atom. The summed E-state index contributed by atoms with van der Waals surface area (Å²) < 4.78 is 43.5. The summed E-state index contributed by atoms with van der Waals surface area (Å²) in [5.74, 6) is 0.555. The second-order valence-corrected chi connectivity index (χ2v) is 4.81. The van der Waals surface area contributed by atoms with E-state index in [1.54, 1.807) is 0 Å². The number of alkyl halides is 3. The second-order valence-electron chi connectivity index (χ2n) is 4.81. The Morgan fingerprint density at radius 3 is 2.19 bits per heavy atom. The molecule has 1 aromatic carbocycles. The molecule has 0 unspecified atom stereocenters. The number of hydrogen-bond acceptors (Lipinski definition) is 2. The van der Waals surface area contributed by atoms with Crippen LogP contribution in [0.15, 0.2) is 29.3 Å². The number of para-hydroxylation sites is 1. The van der Waals surface area contributed by atoms with Gasteiger partial charge < -0.3 is 14.5 Å². The maximum Gasteiger partial charge on any atom is 0.419 e. The fraction of sp³-hybridized carbons (Fsp3) is 0.500. The number of ether oxygens (including phenoxy) is 1. The molecular formula is C14H20F3N3O. The lowest BCUT2D eigenvalue weighted by atomic mass is 10.2. The van der Waals surface area contributed by atoms with Crippen LogP contribution in [-0.4, -0.2) is 57.1 Å². The Kier molecular flexibility index (Phi) is 5.87. The highest BCUT2D eigenvalue weighted by molar-refractivity contribution is 5.79. The van der Waals surface area contributed by atoms with Crippen LogP contribution in [0.1, 0.15) is 5.56 Å². The molecule has 0 bridgehead atoms. The molecule has 0 aromatic heterocycles. The molecular weight excluding hydrogens is 283 g/mol. The summed E-state index contributed by atoms with van der Waals surface area (Å²) in [6, 6.07) is 5.16. The van der Waals surface area contributed by atoms with Crippen molar-refractivity contribution in [2.75, 3.05) is 41.3 Å². The van der Waals surface area contributed by atoms with E-state index < -0.39 is 11.7 Å². The van der Waals surface area contributed by atoms with Gasteiger partial charge in [0, 0.05) is 28.2 Å². The van der Waals surface area contributed by atoms with Crippen molar-refractivity contribution in [1.29, 1.82) is 0 Å². The zero-order chi connectivity index (χ0) is 16.0. The van der Waals surface area contributed by atoms with Crippen LogP contribution in [0.4, 0.5) is 13.2 Å². The highest BCUT2D eigenvalue weighted by atomic mass is 19.4. The molecule has 21 heavy (non-hydrogen) atoms. The van der Waals surface area contributed by atoms with E-state index in [0.29, 0.717) is 0 Å². The van der Waals surface area contributed by atoms with E-state index in [-0.39, 0.29) is 18.9 Å². The molecule has 0 spiro atoms. The smallest absolute Gasteiger partial charge is 0.419 e. The number of halogens is 3. The minimum absolute atomic E-state index is 0.0816. The second kappa shape index (κ2) is 7.19. The van der Waals surface area contributed by atoms with Crippen LogP contribution in [-0.2, 0) is 6.18 Å². The van der Waals surface area contributed by atoms with Gasteiger partial charge in [0.1, 0.15) is 12.4 Å². The number of benzene rings is 1. The molecule has 0 N–H and O–H groups in total. The third-order valence-corrected chi connectivity index (χ3v) is 2.59. The van der Waals surface area contributed by atoms with Gasteiger partial charge in [-0.1, -0.05) is 12.1 Å². The fourth-order valence-corrected chi connectivity index (χ4v) is 1.81. The van der Waals surface area contributed by atoms with Crippen molar-refractivity contribution < 1.29 is 17.9 Å². The van der Waals surface area contributed by atoms with E-state index in [9.17, 15) is 13.2 Å². The standard InChI is InChI=1S/C14H20F3N3O/c1-19(2)13(20(3)4)18-9-10-21-12-8-6-5-7-11(12)14(15,16)17/h5-8H,9-10H2,1-4H3. The van der Waals surface area contributed by atoms with Gasteiger partial charge in [0.05, 0.1) is 12.1 Å². The van der Waals surface area contributed by atoms with Crippen LogP contribution in [0.3, 0.4) is 0 Å². The average Bonchev–Trinajstić information content (AvgIpc) is 2.36. The molecule has 118 valence electrons. The molecule has 0 amide bonds. The van der Waals surface area contributed by atoms with Crippen molar-refractivity contribution in [3.8, 4) is 5.75 Å². The number of guanidine groups is 1. The Hall–Kier alpha value is -1.92. The predicted molar refractivity (Wildman–Crippen MR) is 76.6 cm³/mol. The zero-order valence-corrected chi connectivity index (χ0v) is 12.6. The lowest BCUT2D eigenvalue weighted by Gasteiger charge is -2.22. The van der Waals surface area contributed by atoms with Gasteiger partial charge in [-0.3, -0.25) is 0 Å². The molecule has 0 aliphatic rings. The molecule has 0 saturated carbocycles. The SMILES string of the molecule is CN(C)C(=NCCOc1ccccc1C(F)(F)F)N(C)C. The first-order chi connectivity index (χ1) is 9.73. The summed E-state index contributed by atoms with van der Waals surface area (Å²) in [6.07, 6.45) is -4.42. The maximum absolute atomic E-state index is 12.8. The molecule has 1 rings (SSSR count). The molecule has 0 fully saturated rings. The maximum atomic E-state index is 12.8. The minimum atomic E-state index is -4.42.